The molecule has 1 aromatic rings. The number of carbonyl (C=O) groups is 3. The van der Waals surface area contributed by atoms with Crippen LogP contribution in [-0.4, -0.2) is 49.3 Å². The van der Waals surface area contributed by atoms with Gasteiger partial charge in [0, 0.05) is 44.7 Å². The van der Waals surface area contributed by atoms with Gasteiger partial charge in [0.1, 0.15) is 0 Å². The van der Waals surface area contributed by atoms with Crippen LogP contribution in [0.5, 0.6) is 0 Å². The van der Waals surface area contributed by atoms with E-state index in [1.165, 1.54) is 0 Å². The molecule has 2 fully saturated rings. The Balaban J connectivity index is 1.65. The Morgan fingerprint density at radius 2 is 1.81 bits per heavy atom. The molecule has 0 aromatic heterocycles. The molecule has 6 heteroatoms. The SMILES string of the molecule is CNC(=O)C1CCN(C(=O)C2CC(=O)N(c3cccc(C)c3C)C2)CC1. The molecule has 0 saturated carbocycles. The van der Waals surface area contributed by atoms with E-state index in [1.54, 1.807) is 11.9 Å². The van der Waals surface area contributed by atoms with Crippen molar-refractivity contribution in [1.82, 2.24) is 10.2 Å². The molecule has 6 nitrogen and oxygen atoms in total. The number of likely N-dealkylation sites (tertiary alicyclic amines) is 1. The summed E-state index contributed by atoms with van der Waals surface area (Å²) in [6.45, 7) is 5.66. The second-order valence-electron chi connectivity index (χ2n) is 7.34. The van der Waals surface area contributed by atoms with Gasteiger partial charge in [0.25, 0.3) is 0 Å². The third-order valence-electron chi connectivity index (χ3n) is 5.76. The maximum absolute atomic E-state index is 12.9. The summed E-state index contributed by atoms with van der Waals surface area (Å²) in [5, 5.41) is 2.68. The lowest BCUT2D eigenvalue weighted by Crippen LogP contribution is -2.45. The van der Waals surface area contributed by atoms with Crippen LogP contribution in [-0.2, 0) is 14.4 Å². The van der Waals surface area contributed by atoms with Gasteiger partial charge in [-0.2, -0.15) is 0 Å². The highest BCUT2D eigenvalue weighted by atomic mass is 16.2. The molecule has 1 N–H and O–H groups in total. The predicted octanol–water partition coefficient (Wildman–Crippen LogP) is 1.64. The predicted molar refractivity (Wildman–Crippen MR) is 99.7 cm³/mol. The summed E-state index contributed by atoms with van der Waals surface area (Å²) in [7, 11) is 1.64. The highest BCUT2D eigenvalue weighted by Crippen LogP contribution is 2.31. The van der Waals surface area contributed by atoms with Crippen molar-refractivity contribution in [2.45, 2.75) is 33.1 Å². The van der Waals surface area contributed by atoms with E-state index in [9.17, 15) is 14.4 Å². The average molecular weight is 357 g/mol. The van der Waals surface area contributed by atoms with Crippen molar-refractivity contribution in [3.05, 3.63) is 29.3 Å². The molecule has 2 aliphatic rings. The topological polar surface area (TPSA) is 69.7 Å². The molecule has 0 aliphatic carbocycles. The second-order valence-corrected chi connectivity index (χ2v) is 7.34. The van der Waals surface area contributed by atoms with E-state index in [0.29, 0.717) is 32.5 Å². The molecule has 2 aliphatic heterocycles. The first-order valence-electron chi connectivity index (χ1n) is 9.29. The third-order valence-corrected chi connectivity index (χ3v) is 5.76. The first kappa shape index (κ1) is 18.4. The van der Waals surface area contributed by atoms with Crippen LogP contribution >= 0.6 is 0 Å². The van der Waals surface area contributed by atoms with Crippen LogP contribution < -0.4 is 10.2 Å². The summed E-state index contributed by atoms with van der Waals surface area (Å²) in [6.07, 6.45) is 1.64. The van der Waals surface area contributed by atoms with Gasteiger partial charge in [0.15, 0.2) is 0 Å². The minimum absolute atomic E-state index is 0.0114. The smallest absolute Gasteiger partial charge is 0.228 e. The van der Waals surface area contributed by atoms with Crippen LogP contribution in [0.3, 0.4) is 0 Å². The van der Waals surface area contributed by atoms with Crippen molar-refractivity contribution in [3.8, 4) is 0 Å². The van der Waals surface area contributed by atoms with Crippen LogP contribution in [0.1, 0.15) is 30.4 Å². The van der Waals surface area contributed by atoms with Gasteiger partial charge >= 0.3 is 0 Å². The molecule has 0 radical (unpaired) electrons. The van der Waals surface area contributed by atoms with E-state index in [-0.39, 0.29) is 36.0 Å². The zero-order chi connectivity index (χ0) is 18.8. The van der Waals surface area contributed by atoms with Crippen molar-refractivity contribution in [1.29, 1.82) is 0 Å². The highest BCUT2D eigenvalue weighted by molar-refractivity contribution is 6.01. The van der Waals surface area contributed by atoms with E-state index in [2.05, 4.69) is 5.32 Å². The quantitative estimate of drug-likeness (QED) is 0.894. The zero-order valence-corrected chi connectivity index (χ0v) is 15.7. The molecule has 0 spiro atoms. The summed E-state index contributed by atoms with van der Waals surface area (Å²) in [5.74, 6) is -0.201. The largest absolute Gasteiger partial charge is 0.359 e. The number of nitrogens with one attached hydrogen (secondary N) is 1. The number of benzene rings is 1. The molecule has 1 atom stereocenters. The van der Waals surface area contributed by atoms with Crippen molar-refractivity contribution in [3.63, 3.8) is 0 Å². The van der Waals surface area contributed by atoms with Crippen LogP contribution in [0.2, 0.25) is 0 Å². The number of nitrogens with zero attached hydrogens (tertiary/aromatic N) is 2. The fraction of sp³-hybridized carbons (Fsp3) is 0.550. The number of piperidine rings is 1. The molecule has 140 valence electrons. The Kier molecular flexibility index (Phi) is 5.30. The van der Waals surface area contributed by atoms with Gasteiger partial charge in [0.2, 0.25) is 17.7 Å². The van der Waals surface area contributed by atoms with Crippen LogP contribution in [0.4, 0.5) is 5.69 Å². The molecule has 3 amide bonds. The maximum atomic E-state index is 12.9. The third kappa shape index (κ3) is 3.45. The minimum atomic E-state index is -0.293. The number of hydrogen-bond acceptors (Lipinski definition) is 3. The Labute approximate surface area is 154 Å². The first-order valence-corrected chi connectivity index (χ1v) is 9.29. The maximum Gasteiger partial charge on any atom is 0.228 e. The van der Waals surface area contributed by atoms with Gasteiger partial charge in [-0.05, 0) is 43.9 Å². The molecule has 0 bridgehead atoms. The molecule has 1 unspecified atom stereocenters. The molecule has 3 rings (SSSR count). The number of carbonyl (C=O) groups excluding carboxylic acids is 3. The Hall–Kier alpha value is -2.37. The first-order chi connectivity index (χ1) is 12.4. The lowest BCUT2D eigenvalue weighted by atomic mass is 9.94. The van der Waals surface area contributed by atoms with E-state index < -0.39 is 0 Å². The zero-order valence-electron chi connectivity index (χ0n) is 15.7. The molecular weight excluding hydrogens is 330 g/mol. The van der Waals surface area contributed by atoms with Crippen molar-refractivity contribution in [2.75, 3.05) is 31.6 Å². The average Bonchev–Trinajstić information content (AvgIpc) is 3.04. The number of aryl methyl sites for hydroxylation is 1. The lowest BCUT2D eigenvalue weighted by Gasteiger charge is -2.32. The lowest BCUT2D eigenvalue weighted by molar-refractivity contribution is -0.139. The van der Waals surface area contributed by atoms with Gasteiger partial charge < -0.3 is 15.1 Å². The minimum Gasteiger partial charge on any atom is -0.359 e. The number of anilines is 1. The van der Waals surface area contributed by atoms with Gasteiger partial charge in [-0.3, -0.25) is 14.4 Å². The number of hydrogen-bond donors (Lipinski definition) is 1. The molecule has 1 aromatic carbocycles. The summed E-state index contributed by atoms with van der Waals surface area (Å²) in [5.41, 5.74) is 3.13. The van der Waals surface area contributed by atoms with Crippen LogP contribution in [0.15, 0.2) is 18.2 Å². The monoisotopic (exact) mass is 357 g/mol. The van der Waals surface area contributed by atoms with E-state index in [4.69, 9.17) is 0 Å². The highest BCUT2D eigenvalue weighted by Gasteiger charge is 2.39. The number of rotatable bonds is 3. The van der Waals surface area contributed by atoms with Gasteiger partial charge in [-0.1, -0.05) is 12.1 Å². The van der Waals surface area contributed by atoms with Crippen molar-refractivity contribution < 1.29 is 14.4 Å². The van der Waals surface area contributed by atoms with Crippen LogP contribution in [0, 0.1) is 25.7 Å². The van der Waals surface area contributed by atoms with E-state index in [0.717, 1.165) is 16.8 Å². The normalized spacial score (nSPS) is 21.2. The fourth-order valence-corrected chi connectivity index (χ4v) is 3.96. The Morgan fingerprint density at radius 1 is 1.12 bits per heavy atom. The van der Waals surface area contributed by atoms with E-state index >= 15 is 0 Å². The molecular formula is C20H27N3O3. The fourth-order valence-electron chi connectivity index (χ4n) is 3.96. The van der Waals surface area contributed by atoms with E-state index in [1.807, 2.05) is 36.9 Å². The van der Waals surface area contributed by atoms with Gasteiger partial charge in [-0.25, -0.2) is 0 Å². The Morgan fingerprint density at radius 3 is 2.46 bits per heavy atom. The summed E-state index contributed by atoms with van der Waals surface area (Å²) in [4.78, 5) is 40.7. The summed E-state index contributed by atoms with van der Waals surface area (Å²) in [6, 6.07) is 5.92. The molecule has 2 saturated heterocycles. The number of amides is 3. The van der Waals surface area contributed by atoms with Crippen molar-refractivity contribution in [2.24, 2.45) is 11.8 Å². The van der Waals surface area contributed by atoms with Crippen LogP contribution in [0.25, 0.3) is 0 Å². The summed E-state index contributed by atoms with van der Waals surface area (Å²) < 4.78 is 0. The standard InChI is InChI=1S/C20H27N3O3/c1-13-5-4-6-17(14(13)2)23-12-16(11-18(23)24)20(26)22-9-7-15(8-10-22)19(25)21-3/h4-6,15-16H,7-12H2,1-3H3,(H,21,25). The summed E-state index contributed by atoms with van der Waals surface area (Å²) >= 11 is 0. The molecule has 2 heterocycles. The molecule has 26 heavy (non-hydrogen) atoms. The van der Waals surface area contributed by atoms with Gasteiger partial charge in [0.05, 0.1) is 5.92 Å². The Bertz CT molecular complexity index is 723. The second kappa shape index (κ2) is 7.48. The van der Waals surface area contributed by atoms with Crippen molar-refractivity contribution >= 4 is 23.4 Å². The van der Waals surface area contributed by atoms with Gasteiger partial charge in [-0.15, -0.1) is 0 Å².